The van der Waals surface area contributed by atoms with Gasteiger partial charge >= 0.3 is 0 Å². The highest BCUT2D eigenvalue weighted by molar-refractivity contribution is 7.90. The van der Waals surface area contributed by atoms with E-state index in [1.165, 1.54) is 6.26 Å². The molecule has 0 amide bonds. The predicted molar refractivity (Wildman–Crippen MR) is 65.1 cm³/mol. The van der Waals surface area contributed by atoms with Crippen LogP contribution in [0, 0.1) is 11.8 Å². The number of piperidine rings is 1. The maximum atomic E-state index is 11.2. The SMILES string of the molecule is CCN1CCC(C(CO)CS(C)(=O)=O)CC1. The summed E-state index contributed by atoms with van der Waals surface area (Å²) in [4.78, 5) is 2.37. The van der Waals surface area contributed by atoms with Crippen molar-refractivity contribution in [3.63, 3.8) is 0 Å². The van der Waals surface area contributed by atoms with Gasteiger partial charge in [0.05, 0.1) is 5.75 Å². The Hall–Kier alpha value is -0.130. The summed E-state index contributed by atoms with van der Waals surface area (Å²) in [6.07, 6.45) is 3.26. The van der Waals surface area contributed by atoms with E-state index in [0.29, 0.717) is 5.92 Å². The van der Waals surface area contributed by atoms with Crippen molar-refractivity contribution in [2.24, 2.45) is 11.8 Å². The fourth-order valence-electron chi connectivity index (χ4n) is 2.47. The van der Waals surface area contributed by atoms with E-state index in [0.717, 1.165) is 32.5 Å². The van der Waals surface area contributed by atoms with Crippen molar-refractivity contribution >= 4 is 9.84 Å². The lowest BCUT2D eigenvalue weighted by atomic mass is 9.86. The van der Waals surface area contributed by atoms with Crippen molar-refractivity contribution in [3.8, 4) is 0 Å². The minimum atomic E-state index is -2.98. The first-order chi connectivity index (χ1) is 7.46. The summed E-state index contributed by atoms with van der Waals surface area (Å²) in [5.74, 6) is 0.414. The van der Waals surface area contributed by atoms with Gasteiger partial charge in [0.1, 0.15) is 9.84 Å². The van der Waals surface area contributed by atoms with Gasteiger partial charge in [0, 0.05) is 12.9 Å². The van der Waals surface area contributed by atoms with Crippen LogP contribution in [0.5, 0.6) is 0 Å². The molecule has 0 aliphatic carbocycles. The van der Waals surface area contributed by atoms with E-state index < -0.39 is 9.84 Å². The highest BCUT2D eigenvalue weighted by Crippen LogP contribution is 2.25. The Kier molecular flexibility index (Phi) is 5.21. The summed E-state index contributed by atoms with van der Waals surface area (Å²) in [5.41, 5.74) is 0. The Labute approximate surface area is 98.6 Å². The van der Waals surface area contributed by atoms with Crippen molar-refractivity contribution in [1.82, 2.24) is 4.90 Å². The van der Waals surface area contributed by atoms with Gasteiger partial charge in [-0.25, -0.2) is 8.42 Å². The lowest BCUT2D eigenvalue weighted by molar-refractivity contribution is 0.120. The molecule has 1 heterocycles. The first kappa shape index (κ1) is 13.9. The van der Waals surface area contributed by atoms with Crippen LogP contribution in [0.15, 0.2) is 0 Å². The van der Waals surface area contributed by atoms with E-state index in [-0.39, 0.29) is 18.3 Å². The molecule has 0 aromatic rings. The summed E-state index contributed by atoms with van der Waals surface area (Å²) in [7, 11) is -2.98. The van der Waals surface area contributed by atoms with Crippen LogP contribution in [-0.2, 0) is 9.84 Å². The molecule has 0 aromatic heterocycles. The third-order valence-electron chi connectivity index (χ3n) is 3.50. The first-order valence-electron chi connectivity index (χ1n) is 5.97. The van der Waals surface area contributed by atoms with E-state index in [1.54, 1.807) is 0 Å². The number of aliphatic hydroxyl groups is 1. The van der Waals surface area contributed by atoms with Gasteiger partial charge in [0.15, 0.2) is 0 Å². The van der Waals surface area contributed by atoms with Crippen LogP contribution >= 0.6 is 0 Å². The van der Waals surface area contributed by atoms with Gasteiger partial charge in [-0.05, 0) is 44.3 Å². The van der Waals surface area contributed by atoms with Crippen LogP contribution in [0.2, 0.25) is 0 Å². The van der Waals surface area contributed by atoms with Crippen molar-refractivity contribution in [2.75, 3.05) is 38.2 Å². The summed E-state index contributed by atoms with van der Waals surface area (Å²) in [5, 5.41) is 9.29. The minimum absolute atomic E-state index is 0.0101. The van der Waals surface area contributed by atoms with Gasteiger partial charge in [0.2, 0.25) is 0 Å². The normalized spacial score (nSPS) is 22.2. The lowest BCUT2D eigenvalue weighted by Crippen LogP contribution is -2.38. The van der Waals surface area contributed by atoms with Crippen molar-refractivity contribution in [2.45, 2.75) is 19.8 Å². The molecule has 96 valence electrons. The summed E-state index contributed by atoms with van der Waals surface area (Å²) < 4.78 is 22.5. The van der Waals surface area contributed by atoms with Crippen LogP contribution < -0.4 is 0 Å². The smallest absolute Gasteiger partial charge is 0.147 e. The quantitative estimate of drug-likeness (QED) is 0.765. The molecule has 16 heavy (non-hydrogen) atoms. The van der Waals surface area contributed by atoms with Crippen LogP contribution in [0.3, 0.4) is 0 Å². The molecule has 1 N–H and O–H groups in total. The molecule has 1 saturated heterocycles. The lowest BCUT2D eigenvalue weighted by Gasteiger charge is -2.34. The van der Waals surface area contributed by atoms with Gasteiger partial charge in [-0.2, -0.15) is 0 Å². The monoisotopic (exact) mass is 249 g/mol. The maximum Gasteiger partial charge on any atom is 0.147 e. The number of sulfone groups is 1. The summed E-state index contributed by atoms with van der Waals surface area (Å²) >= 11 is 0. The molecule has 1 unspecified atom stereocenters. The van der Waals surface area contributed by atoms with E-state index >= 15 is 0 Å². The Bertz CT molecular complexity index is 294. The standard InChI is InChI=1S/C11H23NO3S/c1-3-12-6-4-10(5-7-12)11(8-13)9-16(2,14)15/h10-11,13H,3-9H2,1-2H3. The molecule has 0 aromatic carbocycles. The van der Waals surface area contributed by atoms with Crippen LogP contribution in [0.25, 0.3) is 0 Å². The second kappa shape index (κ2) is 5.98. The Morgan fingerprint density at radius 1 is 1.38 bits per heavy atom. The van der Waals surface area contributed by atoms with E-state index in [4.69, 9.17) is 0 Å². The molecule has 0 bridgehead atoms. The fraction of sp³-hybridized carbons (Fsp3) is 1.00. The maximum absolute atomic E-state index is 11.2. The third-order valence-corrected chi connectivity index (χ3v) is 4.53. The van der Waals surface area contributed by atoms with Crippen LogP contribution in [0.4, 0.5) is 0 Å². The number of rotatable bonds is 5. The number of hydrogen-bond donors (Lipinski definition) is 1. The Morgan fingerprint density at radius 2 is 1.94 bits per heavy atom. The molecule has 1 atom stereocenters. The molecule has 4 nitrogen and oxygen atoms in total. The van der Waals surface area contributed by atoms with Crippen molar-refractivity contribution in [1.29, 1.82) is 0 Å². The molecular formula is C11H23NO3S. The first-order valence-corrected chi connectivity index (χ1v) is 8.03. The number of hydrogen-bond acceptors (Lipinski definition) is 4. The summed E-state index contributed by atoms with van der Waals surface area (Å²) in [6.45, 7) is 5.25. The Balaban J connectivity index is 2.49. The highest BCUT2D eigenvalue weighted by Gasteiger charge is 2.27. The average molecular weight is 249 g/mol. The largest absolute Gasteiger partial charge is 0.396 e. The van der Waals surface area contributed by atoms with Gasteiger partial charge in [-0.1, -0.05) is 6.92 Å². The topological polar surface area (TPSA) is 57.6 Å². The van der Waals surface area contributed by atoms with Crippen molar-refractivity contribution in [3.05, 3.63) is 0 Å². The molecular weight excluding hydrogens is 226 g/mol. The zero-order valence-corrected chi connectivity index (χ0v) is 11.0. The molecule has 0 radical (unpaired) electrons. The van der Waals surface area contributed by atoms with E-state index in [1.807, 2.05) is 0 Å². The minimum Gasteiger partial charge on any atom is -0.396 e. The average Bonchev–Trinajstić information content (AvgIpc) is 2.25. The predicted octanol–water partition coefficient (Wildman–Crippen LogP) is 0.371. The molecule has 0 spiro atoms. The van der Waals surface area contributed by atoms with Gasteiger partial charge in [0.25, 0.3) is 0 Å². The second-order valence-electron chi connectivity index (χ2n) is 4.81. The van der Waals surface area contributed by atoms with Crippen molar-refractivity contribution < 1.29 is 13.5 Å². The zero-order chi connectivity index (χ0) is 12.2. The number of nitrogens with zero attached hydrogens (tertiary/aromatic N) is 1. The molecule has 1 fully saturated rings. The fourth-order valence-corrected chi connectivity index (χ4v) is 3.62. The molecule has 1 rings (SSSR count). The Morgan fingerprint density at radius 3 is 2.31 bits per heavy atom. The second-order valence-corrected chi connectivity index (χ2v) is 6.99. The molecule has 1 aliphatic rings. The van der Waals surface area contributed by atoms with Gasteiger partial charge in [-0.3, -0.25) is 0 Å². The van der Waals surface area contributed by atoms with Gasteiger partial charge in [-0.15, -0.1) is 0 Å². The molecule has 0 saturated carbocycles. The van der Waals surface area contributed by atoms with Crippen LogP contribution in [0.1, 0.15) is 19.8 Å². The summed E-state index contributed by atoms with van der Waals surface area (Å²) in [6, 6.07) is 0. The third kappa shape index (κ3) is 4.39. The number of likely N-dealkylation sites (tertiary alicyclic amines) is 1. The number of aliphatic hydroxyl groups excluding tert-OH is 1. The molecule has 5 heteroatoms. The van der Waals surface area contributed by atoms with E-state index in [2.05, 4.69) is 11.8 Å². The molecule has 1 aliphatic heterocycles. The highest BCUT2D eigenvalue weighted by atomic mass is 32.2. The zero-order valence-electron chi connectivity index (χ0n) is 10.2. The van der Waals surface area contributed by atoms with Gasteiger partial charge < -0.3 is 10.0 Å². The van der Waals surface area contributed by atoms with E-state index in [9.17, 15) is 13.5 Å². The van der Waals surface area contributed by atoms with Crippen LogP contribution in [-0.4, -0.2) is 56.7 Å².